The van der Waals surface area contributed by atoms with Gasteiger partial charge in [-0.1, -0.05) is 18.2 Å². The first kappa shape index (κ1) is 19.4. The zero-order valence-corrected chi connectivity index (χ0v) is 16.2. The minimum Gasteiger partial charge on any atom is -0.497 e. The van der Waals surface area contributed by atoms with Crippen LogP contribution in [0.3, 0.4) is 0 Å². The van der Waals surface area contributed by atoms with Crippen LogP contribution in [0, 0.1) is 0 Å². The van der Waals surface area contributed by atoms with Crippen LogP contribution in [0.25, 0.3) is 0 Å². The zero-order valence-electron chi connectivity index (χ0n) is 15.4. The summed E-state index contributed by atoms with van der Waals surface area (Å²) in [5.41, 5.74) is 1.73. The third kappa shape index (κ3) is 4.66. The van der Waals surface area contributed by atoms with Crippen molar-refractivity contribution >= 4 is 27.1 Å². The molecule has 0 unspecified atom stereocenters. The maximum Gasteiger partial charge on any atom is 0.265 e. The lowest BCUT2D eigenvalue weighted by molar-refractivity contribution is 0.392. The van der Waals surface area contributed by atoms with E-state index in [-0.39, 0.29) is 10.6 Å². The molecule has 3 rings (SSSR count). The highest BCUT2D eigenvalue weighted by Crippen LogP contribution is 2.30. The number of azo groups is 1. The Hall–Kier alpha value is -3.39. The van der Waals surface area contributed by atoms with Gasteiger partial charge in [0.2, 0.25) is 0 Å². The van der Waals surface area contributed by atoms with Gasteiger partial charge in [0.15, 0.2) is 0 Å². The van der Waals surface area contributed by atoms with E-state index in [1.54, 1.807) is 36.4 Å². The van der Waals surface area contributed by atoms with Crippen LogP contribution in [0.5, 0.6) is 11.5 Å². The minimum atomic E-state index is -3.87. The van der Waals surface area contributed by atoms with Crippen molar-refractivity contribution in [1.82, 2.24) is 0 Å². The summed E-state index contributed by atoms with van der Waals surface area (Å²) in [6.45, 7) is 0. The molecular weight excluding hydrogens is 378 g/mol. The van der Waals surface area contributed by atoms with Crippen molar-refractivity contribution in [2.75, 3.05) is 18.9 Å². The maximum atomic E-state index is 12.8. The summed E-state index contributed by atoms with van der Waals surface area (Å²) in [6.07, 6.45) is 0. The number of methoxy groups -OCH3 is 2. The quantitative estimate of drug-likeness (QED) is 0.573. The predicted molar refractivity (Wildman–Crippen MR) is 107 cm³/mol. The van der Waals surface area contributed by atoms with Gasteiger partial charge >= 0.3 is 0 Å². The van der Waals surface area contributed by atoms with Gasteiger partial charge < -0.3 is 9.47 Å². The molecule has 8 heteroatoms. The highest BCUT2D eigenvalue weighted by atomic mass is 32.2. The van der Waals surface area contributed by atoms with Gasteiger partial charge in [0.05, 0.1) is 25.6 Å². The van der Waals surface area contributed by atoms with Crippen molar-refractivity contribution in [3.63, 3.8) is 0 Å². The van der Waals surface area contributed by atoms with Crippen molar-refractivity contribution < 1.29 is 17.9 Å². The smallest absolute Gasteiger partial charge is 0.265 e. The second kappa shape index (κ2) is 8.53. The Morgan fingerprint density at radius 1 is 0.786 bits per heavy atom. The molecule has 0 radical (unpaired) electrons. The standard InChI is InChI=1S/C20H19N3O4S/c1-26-18-12-13-19(27-2)20(14-18)28(24,25)23-17-10-8-16(9-11-17)22-21-15-6-4-3-5-7-15/h3-14,23H,1-2H3. The van der Waals surface area contributed by atoms with Gasteiger partial charge in [-0.2, -0.15) is 10.2 Å². The molecule has 0 aliphatic carbocycles. The third-order valence-electron chi connectivity index (χ3n) is 3.82. The number of nitrogens with zero attached hydrogens (tertiary/aromatic N) is 2. The third-order valence-corrected chi connectivity index (χ3v) is 5.22. The molecule has 144 valence electrons. The van der Waals surface area contributed by atoms with Gasteiger partial charge in [-0.05, 0) is 48.5 Å². The Kier molecular flexibility index (Phi) is 5.90. The summed E-state index contributed by atoms with van der Waals surface area (Å²) in [4.78, 5) is -0.0119. The van der Waals surface area contributed by atoms with Crippen molar-refractivity contribution in [3.05, 3.63) is 72.8 Å². The van der Waals surface area contributed by atoms with Crippen LogP contribution < -0.4 is 14.2 Å². The van der Waals surface area contributed by atoms with Gasteiger partial charge in [-0.3, -0.25) is 4.72 Å². The van der Waals surface area contributed by atoms with Gasteiger partial charge in [0, 0.05) is 11.8 Å². The molecule has 0 heterocycles. The van der Waals surface area contributed by atoms with Crippen LogP contribution in [0.2, 0.25) is 0 Å². The fourth-order valence-electron chi connectivity index (χ4n) is 2.41. The first-order valence-electron chi connectivity index (χ1n) is 8.33. The summed E-state index contributed by atoms with van der Waals surface area (Å²) in [5, 5.41) is 8.26. The fourth-order valence-corrected chi connectivity index (χ4v) is 3.65. The monoisotopic (exact) mass is 397 g/mol. The topological polar surface area (TPSA) is 89.3 Å². The second-order valence-electron chi connectivity index (χ2n) is 5.70. The molecule has 0 spiro atoms. The molecule has 0 saturated heterocycles. The Labute approximate surface area is 163 Å². The summed E-state index contributed by atoms with van der Waals surface area (Å²) >= 11 is 0. The zero-order chi connectivity index (χ0) is 20.0. The molecule has 0 aliphatic heterocycles. The summed E-state index contributed by atoms with van der Waals surface area (Å²) in [6, 6.07) is 20.5. The molecule has 0 fully saturated rings. The van der Waals surface area contributed by atoms with E-state index in [1.165, 1.54) is 20.3 Å². The van der Waals surface area contributed by atoms with Crippen LogP contribution >= 0.6 is 0 Å². The van der Waals surface area contributed by atoms with E-state index >= 15 is 0 Å². The number of rotatable bonds is 7. The highest BCUT2D eigenvalue weighted by molar-refractivity contribution is 7.92. The molecule has 1 N–H and O–H groups in total. The number of benzene rings is 3. The molecule has 0 aliphatic rings. The number of anilines is 1. The Balaban J connectivity index is 1.79. The maximum absolute atomic E-state index is 12.8. The normalized spacial score (nSPS) is 11.4. The van der Waals surface area contributed by atoms with E-state index in [0.717, 1.165) is 5.69 Å². The summed E-state index contributed by atoms with van der Waals surface area (Å²) in [7, 11) is -0.989. The molecule has 0 atom stereocenters. The SMILES string of the molecule is COc1ccc(OC)c(S(=O)(=O)Nc2ccc(N=Nc3ccccc3)cc2)c1. The van der Waals surface area contributed by atoms with Crippen molar-refractivity contribution in [1.29, 1.82) is 0 Å². The number of nitrogens with one attached hydrogen (secondary N) is 1. The second-order valence-corrected chi connectivity index (χ2v) is 7.36. The first-order chi connectivity index (χ1) is 13.5. The number of hydrogen-bond donors (Lipinski definition) is 1. The first-order valence-corrected chi connectivity index (χ1v) is 9.82. The molecule has 0 saturated carbocycles. The molecule has 3 aromatic carbocycles. The average Bonchev–Trinajstić information content (AvgIpc) is 2.73. The lowest BCUT2D eigenvalue weighted by Gasteiger charge is -2.13. The largest absolute Gasteiger partial charge is 0.497 e. The summed E-state index contributed by atoms with van der Waals surface area (Å²) in [5.74, 6) is 0.638. The number of hydrogen-bond acceptors (Lipinski definition) is 6. The Morgan fingerprint density at radius 2 is 1.43 bits per heavy atom. The molecule has 28 heavy (non-hydrogen) atoms. The van der Waals surface area contributed by atoms with Crippen molar-refractivity contribution in [2.45, 2.75) is 4.90 Å². The van der Waals surface area contributed by atoms with Crippen LogP contribution in [0.1, 0.15) is 0 Å². The Bertz CT molecular complexity index is 1070. The Morgan fingerprint density at radius 3 is 2.04 bits per heavy atom. The number of sulfonamides is 1. The van der Waals surface area contributed by atoms with Crippen LogP contribution in [0.4, 0.5) is 17.1 Å². The average molecular weight is 397 g/mol. The van der Waals surface area contributed by atoms with E-state index < -0.39 is 10.0 Å². The van der Waals surface area contributed by atoms with Gasteiger partial charge in [0.25, 0.3) is 10.0 Å². The van der Waals surface area contributed by atoms with Crippen LogP contribution in [-0.4, -0.2) is 22.6 Å². The molecular formula is C20H19N3O4S. The highest BCUT2D eigenvalue weighted by Gasteiger charge is 2.20. The number of ether oxygens (including phenoxy) is 2. The molecule has 3 aromatic rings. The summed E-state index contributed by atoms with van der Waals surface area (Å²) < 4.78 is 38.3. The van der Waals surface area contributed by atoms with E-state index in [4.69, 9.17) is 9.47 Å². The van der Waals surface area contributed by atoms with Crippen molar-refractivity contribution in [2.24, 2.45) is 10.2 Å². The van der Waals surface area contributed by atoms with Crippen LogP contribution in [0.15, 0.2) is 87.9 Å². The molecule has 0 aromatic heterocycles. The van der Waals surface area contributed by atoms with Gasteiger partial charge in [0.1, 0.15) is 16.4 Å². The molecule has 7 nitrogen and oxygen atoms in total. The lowest BCUT2D eigenvalue weighted by Crippen LogP contribution is -2.14. The molecule has 0 amide bonds. The molecule has 0 bridgehead atoms. The fraction of sp³-hybridized carbons (Fsp3) is 0.100. The van der Waals surface area contributed by atoms with E-state index in [0.29, 0.717) is 17.1 Å². The van der Waals surface area contributed by atoms with E-state index in [9.17, 15) is 8.42 Å². The van der Waals surface area contributed by atoms with Gasteiger partial charge in [-0.25, -0.2) is 8.42 Å². The predicted octanol–water partition coefficient (Wildman–Crippen LogP) is 4.92. The van der Waals surface area contributed by atoms with E-state index in [1.807, 2.05) is 30.3 Å². The van der Waals surface area contributed by atoms with Crippen LogP contribution in [-0.2, 0) is 10.0 Å². The minimum absolute atomic E-state index is 0.0119. The van der Waals surface area contributed by atoms with Gasteiger partial charge in [-0.15, -0.1) is 0 Å². The van der Waals surface area contributed by atoms with E-state index in [2.05, 4.69) is 15.0 Å². The lowest BCUT2D eigenvalue weighted by atomic mass is 10.3. The van der Waals surface area contributed by atoms with Crippen molar-refractivity contribution in [3.8, 4) is 11.5 Å².